The number of carbonyl (C=O) groups is 2. The summed E-state index contributed by atoms with van der Waals surface area (Å²) in [5.41, 5.74) is 0.00859. The molecule has 11 heteroatoms. The van der Waals surface area contributed by atoms with Gasteiger partial charge in [-0.1, -0.05) is 12.1 Å². The van der Waals surface area contributed by atoms with Gasteiger partial charge in [-0.3, -0.25) is 23.9 Å². The number of carbonyl (C=O) groups excluding carboxylic acids is 2. The van der Waals surface area contributed by atoms with Gasteiger partial charge in [0.1, 0.15) is 22.4 Å². The Hall–Kier alpha value is -4.25. The van der Waals surface area contributed by atoms with Crippen LogP contribution in [-0.2, 0) is 16.0 Å². The van der Waals surface area contributed by atoms with Crippen molar-refractivity contribution in [2.75, 3.05) is 33.4 Å². The van der Waals surface area contributed by atoms with Gasteiger partial charge in [-0.25, -0.2) is 4.39 Å². The fourth-order valence-corrected chi connectivity index (χ4v) is 4.15. The molecule has 2 amide bonds. The first-order valence-corrected chi connectivity index (χ1v) is 10.9. The van der Waals surface area contributed by atoms with E-state index >= 15 is 0 Å². The van der Waals surface area contributed by atoms with Crippen molar-refractivity contribution >= 4 is 29.0 Å². The number of morpholine rings is 1. The van der Waals surface area contributed by atoms with Gasteiger partial charge in [0.05, 0.1) is 19.4 Å². The number of aromatic hydroxyl groups is 1. The minimum Gasteiger partial charge on any atom is -0.505 e. The Labute approximate surface area is 198 Å². The van der Waals surface area contributed by atoms with Gasteiger partial charge in [-0.15, -0.1) is 0 Å². The Kier molecular flexibility index (Phi) is 5.69. The number of rotatable bonds is 4. The second-order valence-corrected chi connectivity index (χ2v) is 8.09. The molecule has 1 fully saturated rings. The molecule has 35 heavy (non-hydrogen) atoms. The average Bonchev–Trinajstić information content (AvgIpc) is 2.88. The van der Waals surface area contributed by atoms with Crippen LogP contribution in [0.1, 0.15) is 21.5 Å². The highest BCUT2D eigenvalue weighted by Crippen LogP contribution is 2.38. The van der Waals surface area contributed by atoms with Crippen molar-refractivity contribution in [3.05, 3.63) is 69.1 Å². The van der Waals surface area contributed by atoms with Crippen molar-refractivity contribution in [2.45, 2.75) is 6.42 Å². The Morgan fingerprint density at radius 1 is 1.20 bits per heavy atom. The quantitative estimate of drug-likeness (QED) is 0.576. The topological polar surface area (TPSA) is 123 Å². The molecule has 4 heterocycles. The van der Waals surface area contributed by atoms with Crippen LogP contribution in [0.15, 0.2) is 41.0 Å². The molecular formula is C24H21FN4O6. The van der Waals surface area contributed by atoms with E-state index in [1.165, 1.54) is 31.6 Å². The first-order chi connectivity index (χ1) is 16.9. The molecule has 2 N–H and O–H groups in total. The minimum atomic E-state index is -0.827. The summed E-state index contributed by atoms with van der Waals surface area (Å²) in [6.45, 7) is 1.46. The molecule has 0 unspecified atom stereocenters. The monoisotopic (exact) mass is 480 g/mol. The summed E-state index contributed by atoms with van der Waals surface area (Å²) in [6, 6.07) is 5.84. The smallest absolute Gasteiger partial charge is 0.291 e. The van der Waals surface area contributed by atoms with E-state index in [0.29, 0.717) is 31.9 Å². The highest BCUT2D eigenvalue weighted by atomic mass is 19.1. The van der Waals surface area contributed by atoms with Crippen molar-refractivity contribution in [3.63, 3.8) is 0 Å². The number of hydrogen-bond donors (Lipinski definition) is 2. The molecule has 1 aromatic carbocycles. The van der Waals surface area contributed by atoms with Crippen LogP contribution in [0.2, 0.25) is 0 Å². The highest BCUT2D eigenvalue weighted by molar-refractivity contribution is 6.04. The van der Waals surface area contributed by atoms with E-state index in [0.717, 1.165) is 10.1 Å². The lowest BCUT2D eigenvalue weighted by Crippen LogP contribution is -2.43. The third-order valence-electron chi connectivity index (χ3n) is 5.94. The maximum absolute atomic E-state index is 13.4. The molecule has 180 valence electrons. The van der Waals surface area contributed by atoms with Crippen LogP contribution in [0.3, 0.4) is 0 Å². The number of nitrogens with one attached hydrogen (secondary N) is 1. The van der Waals surface area contributed by atoms with Crippen LogP contribution >= 0.6 is 0 Å². The van der Waals surface area contributed by atoms with Crippen LogP contribution in [-0.4, -0.2) is 64.7 Å². The summed E-state index contributed by atoms with van der Waals surface area (Å²) in [5, 5.41) is 13.1. The predicted octanol–water partition coefficient (Wildman–Crippen LogP) is 1.24. The number of halogens is 1. The SMILES string of the molecule is CNC(=O)c1c(O)c2ncc(Cc3ccc(F)cc3)c3c2n(c1=O)C=C(C(=O)N1CCOCC1)O3. The predicted molar refractivity (Wildman–Crippen MR) is 123 cm³/mol. The summed E-state index contributed by atoms with van der Waals surface area (Å²) >= 11 is 0. The fraction of sp³-hybridized carbons (Fsp3) is 0.250. The molecule has 0 saturated carbocycles. The number of ether oxygens (including phenoxy) is 2. The molecule has 2 aliphatic rings. The summed E-state index contributed by atoms with van der Waals surface area (Å²) < 4.78 is 25.8. The van der Waals surface area contributed by atoms with E-state index < -0.39 is 28.7 Å². The Balaban J connectivity index is 1.70. The largest absolute Gasteiger partial charge is 0.505 e. The Morgan fingerprint density at radius 3 is 2.60 bits per heavy atom. The van der Waals surface area contributed by atoms with E-state index in [1.54, 1.807) is 17.0 Å². The second-order valence-electron chi connectivity index (χ2n) is 8.09. The first-order valence-electron chi connectivity index (χ1n) is 10.9. The summed E-state index contributed by atoms with van der Waals surface area (Å²) in [7, 11) is 1.33. The van der Waals surface area contributed by atoms with Gasteiger partial charge < -0.3 is 24.8 Å². The van der Waals surface area contributed by atoms with Gasteiger partial charge in [-0.2, -0.15) is 0 Å². The van der Waals surface area contributed by atoms with Crippen molar-refractivity contribution in [1.82, 2.24) is 19.8 Å². The number of nitrogens with zero attached hydrogens (tertiary/aromatic N) is 3. The van der Waals surface area contributed by atoms with E-state index in [9.17, 15) is 23.9 Å². The van der Waals surface area contributed by atoms with E-state index in [-0.39, 0.29) is 34.8 Å². The normalized spacial score (nSPS) is 14.9. The molecule has 1 saturated heterocycles. The van der Waals surface area contributed by atoms with Gasteiger partial charge in [0.25, 0.3) is 17.4 Å². The van der Waals surface area contributed by atoms with Crippen molar-refractivity contribution in [1.29, 1.82) is 0 Å². The fourth-order valence-electron chi connectivity index (χ4n) is 4.15. The van der Waals surface area contributed by atoms with Gasteiger partial charge in [0.15, 0.2) is 11.5 Å². The third kappa shape index (κ3) is 3.89. The molecule has 0 aliphatic carbocycles. The van der Waals surface area contributed by atoms with Gasteiger partial charge >= 0.3 is 0 Å². The van der Waals surface area contributed by atoms with Crippen LogP contribution in [0.4, 0.5) is 4.39 Å². The highest BCUT2D eigenvalue weighted by Gasteiger charge is 2.32. The van der Waals surface area contributed by atoms with Gasteiger partial charge in [-0.05, 0) is 17.7 Å². The number of hydrogen-bond acceptors (Lipinski definition) is 7. The third-order valence-corrected chi connectivity index (χ3v) is 5.94. The number of pyridine rings is 2. The number of benzene rings is 1. The maximum atomic E-state index is 13.4. The zero-order valence-electron chi connectivity index (χ0n) is 18.7. The maximum Gasteiger partial charge on any atom is 0.291 e. The summed E-state index contributed by atoms with van der Waals surface area (Å²) in [4.78, 5) is 44.7. The molecule has 2 aromatic heterocycles. The lowest BCUT2D eigenvalue weighted by atomic mass is 10.0. The van der Waals surface area contributed by atoms with Crippen LogP contribution in [0.25, 0.3) is 17.2 Å². The molecule has 3 aromatic rings. The molecule has 0 spiro atoms. The minimum absolute atomic E-state index is 0.0322. The standard InChI is InChI=1S/C24H21FN4O6/c1-26-22(31)17-20(30)18-19-21(14(11-27-18)10-13-2-4-15(25)5-3-13)35-16(12-29(19)24(17)33)23(32)28-6-8-34-9-7-28/h2-5,11-12,30H,6-10H2,1H3,(H,26,31). The van der Waals surface area contributed by atoms with Gasteiger partial charge in [0.2, 0.25) is 5.76 Å². The second kappa shape index (κ2) is 8.84. The Bertz CT molecular complexity index is 1440. The van der Waals surface area contributed by atoms with E-state index in [4.69, 9.17) is 9.47 Å². The number of aromatic nitrogens is 2. The van der Waals surface area contributed by atoms with Crippen molar-refractivity contribution in [3.8, 4) is 11.5 Å². The zero-order chi connectivity index (χ0) is 24.7. The molecular weight excluding hydrogens is 459 g/mol. The summed E-state index contributed by atoms with van der Waals surface area (Å²) in [5.74, 6) is -2.19. The lowest BCUT2D eigenvalue weighted by Gasteiger charge is -2.29. The van der Waals surface area contributed by atoms with E-state index in [1.807, 2.05) is 0 Å². The molecule has 0 atom stereocenters. The van der Waals surface area contributed by atoms with E-state index in [2.05, 4.69) is 10.3 Å². The summed E-state index contributed by atoms with van der Waals surface area (Å²) in [6.07, 6.45) is 2.90. The number of amides is 2. The van der Waals surface area contributed by atoms with Crippen molar-refractivity contribution < 1.29 is 28.6 Å². The van der Waals surface area contributed by atoms with Crippen LogP contribution < -0.4 is 15.6 Å². The van der Waals surface area contributed by atoms with Gasteiger partial charge in [0, 0.05) is 38.3 Å². The Morgan fingerprint density at radius 2 is 1.91 bits per heavy atom. The average molecular weight is 480 g/mol. The molecule has 0 radical (unpaired) electrons. The van der Waals surface area contributed by atoms with Crippen LogP contribution in [0, 0.1) is 5.82 Å². The van der Waals surface area contributed by atoms with Crippen LogP contribution in [0.5, 0.6) is 11.5 Å². The molecule has 2 aliphatic heterocycles. The first kappa shape index (κ1) is 22.5. The molecule has 10 nitrogen and oxygen atoms in total. The molecule has 5 rings (SSSR count). The molecule has 0 bridgehead atoms. The zero-order valence-corrected chi connectivity index (χ0v) is 18.7. The van der Waals surface area contributed by atoms with Crippen molar-refractivity contribution in [2.24, 2.45) is 0 Å². The lowest BCUT2D eigenvalue weighted by molar-refractivity contribution is -0.133.